The molecule has 0 amide bonds. The molecule has 208 valence electrons. The predicted octanol–water partition coefficient (Wildman–Crippen LogP) is 5.04. The van der Waals surface area contributed by atoms with Crippen LogP contribution < -0.4 is 21.3 Å². The number of ether oxygens (including phenoxy) is 2. The molecule has 3 atom stereocenters. The van der Waals surface area contributed by atoms with Crippen molar-refractivity contribution in [2.45, 2.75) is 104 Å². The van der Waals surface area contributed by atoms with Crippen molar-refractivity contribution in [2.24, 2.45) is 5.92 Å². The number of nitrogens with one attached hydrogen (secondary N) is 4. The first kappa shape index (κ1) is 31.0. The van der Waals surface area contributed by atoms with Gasteiger partial charge in [-0.3, -0.25) is 0 Å². The van der Waals surface area contributed by atoms with Crippen LogP contribution in [0.4, 0.5) is 5.69 Å². The first-order chi connectivity index (χ1) is 17.3. The van der Waals surface area contributed by atoms with Gasteiger partial charge in [0.15, 0.2) is 0 Å². The number of rotatable bonds is 10. The van der Waals surface area contributed by atoms with Crippen LogP contribution in [0.3, 0.4) is 0 Å². The van der Waals surface area contributed by atoms with Gasteiger partial charge in [-0.15, -0.1) is 0 Å². The topological polar surface area (TPSA) is 66.6 Å². The summed E-state index contributed by atoms with van der Waals surface area (Å²) >= 11 is 0. The second-order valence-electron chi connectivity index (χ2n) is 11.3. The Kier molecular flexibility index (Phi) is 15.6. The molecule has 36 heavy (non-hydrogen) atoms. The predicted molar refractivity (Wildman–Crippen MR) is 154 cm³/mol. The van der Waals surface area contributed by atoms with Crippen LogP contribution in [0.25, 0.3) is 0 Å². The van der Waals surface area contributed by atoms with Crippen LogP contribution in [0.5, 0.6) is 0 Å². The molecule has 0 radical (unpaired) electrons. The Morgan fingerprint density at radius 2 is 1.33 bits per heavy atom. The molecule has 3 aliphatic heterocycles. The maximum atomic E-state index is 5.52. The Balaban J connectivity index is 0.000000196. The normalized spacial score (nSPS) is 23.4. The van der Waals surface area contributed by atoms with Crippen molar-refractivity contribution in [3.63, 3.8) is 0 Å². The molecule has 1 aromatic carbocycles. The molecule has 4 N–H and O–H groups in total. The van der Waals surface area contributed by atoms with Crippen molar-refractivity contribution < 1.29 is 9.47 Å². The lowest BCUT2D eigenvalue weighted by atomic mass is 10.1. The number of para-hydroxylation sites is 1. The van der Waals surface area contributed by atoms with Crippen LogP contribution in [-0.2, 0) is 9.47 Å². The van der Waals surface area contributed by atoms with Gasteiger partial charge in [-0.25, -0.2) is 0 Å². The van der Waals surface area contributed by atoms with Gasteiger partial charge < -0.3 is 30.7 Å². The lowest BCUT2D eigenvalue weighted by molar-refractivity contribution is 0.0649. The zero-order valence-electron chi connectivity index (χ0n) is 24.1. The van der Waals surface area contributed by atoms with E-state index in [1.54, 1.807) is 0 Å². The molecule has 3 aliphatic rings. The van der Waals surface area contributed by atoms with E-state index in [1.165, 1.54) is 75.0 Å². The summed E-state index contributed by atoms with van der Waals surface area (Å²) in [6.45, 7) is 20.1. The van der Waals surface area contributed by atoms with E-state index >= 15 is 0 Å². The highest BCUT2D eigenvalue weighted by molar-refractivity contribution is 5.56. The maximum Gasteiger partial charge on any atom is 0.0623 e. The summed E-state index contributed by atoms with van der Waals surface area (Å²) in [7, 11) is 0. The summed E-state index contributed by atoms with van der Waals surface area (Å²) < 4.78 is 11.0. The van der Waals surface area contributed by atoms with Crippen LogP contribution >= 0.6 is 0 Å². The average Bonchev–Trinajstić information content (AvgIpc) is 3.62. The van der Waals surface area contributed by atoms with Gasteiger partial charge in [-0.1, -0.05) is 32.0 Å². The molecule has 4 rings (SSSR count). The van der Waals surface area contributed by atoms with E-state index < -0.39 is 0 Å². The quantitative estimate of drug-likeness (QED) is 0.358. The van der Waals surface area contributed by atoms with Gasteiger partial charge in [-0.2, -0.15) is 0 Å². The van der Waals surface area contributed by atoms with Crippen LogP contribution in [0.15, 0.2) is 18.2 Å². The highest BCUT2D eigenvalue weighted by Gasteiger charge is 2.15. The zero-order chi connectivity index (χ0) is 26.2. The maximum absolute atomic E-state index is 5.52. The standard InChI is InChI=1S/C13H20N2.C9H19NO.C8H17NO/c1-10-5-3-6-11(2)13(10)15-9-12-7-4-8-14-12;1-8(2)6-11-7-9-4-3-5-10-9;1-7(2)10-6-8-4-3-5-9-8/h3,5-6,12,14-15H,4,7-9H2,1-2H3;8-10H,3-7H2,1-2H3;7-9H,3-6H2,1-2H3/t12-;9-;8-/m000/s1. The number of anilines is 1. The summed E-state index contributed by atoms with van der Waals surface area (Å²) in [6.07, 6.45) is 8.20. The third kappa shape index (κ3) is 13.4. The Labute approximate surface area is 222 Å². The summed E-state index contributed by atoms with van der Waals surface area (Å²) in [4.78, 5) is 0. The number of benzene rings is 1. The Morgan fingerprint density at radius 3 is 1.81 bits per heavy atom. The monoisotopic (exact) mass is 504 g/mol. The number of hydrogen-bond acceptors (Lipinski definition) is 6. The molecule has 1 aromatic rings. The molecule has 0 aromatic heterocycles. The van der Waals surface area contributed by atoms with E-state index in [9.17, 15) is 0 Å². The van der Waals surface area contributed by atoms with Crippen molar-refractivity contribution in [1.82, 2.24) is 16.0 Å². The molecule has 0 spiro atoms. The van der Waals surface area contributed by atoms with Gasteiger partial charge >= 0.3 is 0 Å². The summed E-state index contributed by atoms with van der Waals surface area (Å²) in [5.41, 5.74) is 3.99. The molecular weight excluding hydrogens is 448 g/mol. The Hall–Kier alpha value is -1.18. The molecule has 3 heterocycles. The van der Waals surface area contributed by atoms with Crippen molar-refractivity contribution in [3.8, 4) is 0 Å². The fourth-order valence-electron chi connectivity index (χ4n) is 4.80. The third-order valence-corrected chi connectivity index (χ3v) is 6.89. The Bertz CT molecular complexity index is 659. The molecule has 3 fully saturated rings. The van der Waals surface area contributed by atoms with Crippen molar-refractivity contribution in [3.05, 3.63) is 29.3 Å². The van der Waals surface area contributed by atoms with Crippen molar-refractivity contribution in [1.29, 1.82) is 0 Å². The van der Waals surface area contributed by atoms with E-state index in [0.29, 0.717) is 30.1 Å². The minimum absolute atomic E-state index is 0.377. The van der Waals surface area contributed by atoms with E-state index in [4.69, 9.17) is 9.47 Å². The SMILES string of the molecule is CC(C)COC[C@@H]1CCCN1.CC(C)OC[C@@H]1CCCN1.Cc1cccc(C)c1NC[C@@H]1CCCN1. The largest absolute Gasteiger partial charge is 0.383 e. The van der Waals surface area contributed by atoms with Crippen LogP contribution in [0.2, 0.25) is 0 Å². The van der Waals surface area contributed by atoms with Crippen LogP contribution in [-0.4, -0.2) is 70.2 Å². The molecular formula is C30H56N4O2. The highest BCUT2D eigenvalue weighted by atomic mass is 16.5. The molecule has 0 saturated carbocycles. The van der Waals surface area contributed by atoms with E-state index in [1.807, 2.05) is 0 Å². The molecule has 6 nitrogen and oxygen atoms in total. The first-order valence-electron chi connectivity index (χ1n) is 14.5. The van der Waals surface area contributed by atoms with Gasteiger partial charge in [0.05, 0.1) is 19.3 Å². The fourth-order valence-corrected chi connectivity index (χ4v) is 4.80. The molecule has 0 aliphatic carbocycles. The van der Waals surface area contributed by atoms with Gasteiger partial charge in [0, 0.05) is 37.0 Å². The van der Waals surface area contributed by atoms with Gasteiger partial charge in [0.2, 0.25) is 0 Å². The Morgan fingerprint density at radius 1 is 0.806 bits per heavy atom. The second kappa shape index (κ2) is 18.1. The van der Waals surface area contributed by atoms with Gasteiger partial charge in [0.1, 0.15) is 0 Å². The molecule has 6 heteroatoms. The molecule has 0 bridgehead atoms. The zero-order valence-corrected chi connectivity index (χ0v) is 24.1. The first-order valence-corrected chi connectivity index (χ1v) is 14.5. The van der Waals surface area contributed by atoms with Crippen molar-refractivity contribution in [2.75, 3.05) is 51.3 Å². The average molecular weight is 505 g/mol. The van der Waals surface area contributed by atoms with E-state index in [0.717, 1.165) is 26.4 Å². The van der Waals surface area contributed by atoms with Gasteiger partial charge in [-0.05, 0) is 103 Å². The summed E-state index contributed by atoms with van der Waals surface area (Å²) in [5.74, 6) is 0.663. The van der Waals surface area contributed by atoms with Crippen LogP contribution in [0.1, 0.15) is 77.3 Å². The number of aryl methyl sites for hydroxylation is 2. The summed E-state index contributed by atoms with van der Waals surface area (Å²) in [5, 5.41) is 13.9. The molecule has 3 saturated heterocycles. The smallest absolute Gasteiger partial charge is 0.0623 e. The van der Waals surface area contributed by atoms with E-state index in [-0.39, 0.29) is 0 Å². The highest BCUT2D eigenvalue weighted by Crippen LogP contribution is 2.19. The number of hydrogen-bond donors (Lipinski definition) is 4. The van der Waals surface area contributed by atoms with Crippen molar-refractivity contribution >= 4 is 5.69 Å². The fraction of sp³-hybridized carbons (Fsp3) is 0.800. The minimum atomic E-state index is 0.377. The van der Waals surface area contributed by atoms with E-state index in [2.05, 4.69) is 81.0 Å². The molecule has 0 unspecified atom stereocenters. The second-order valence-corrected chi connectivity index (χ2v) is 11.3. The summed E-state index contributed by atoms with van der Waals surface area (Å²) in [6, 6.07) is 8.36. The lowest BCUT2D eigenvalue weighted by Gasteiger charge is -2.16. The third-order valence-electron chi connectivity index (χ3n) is 6.89. The van der Waals surface area contributed by atoms with Gasteiger partial charge in [0.25, 0.3) is 0 Å². The lowest BCUT2D eigenvalue weighted by Crippen LogP contribution is -2.29. The van der Waals surface area contributed by atoms with Crippen LogP contribution in [0, 0.1) is 19.8 Å². The minimum Gasteiger partial charge on any atom is -0.383 e.